The largest absolute Gasteiger partial charge is 0.494 e. The third kappa shape index (κ3) is 4.35. The van der Waals surface area contributed by atoms with Crippen molar-refractivity contribution in [1.29, 1.82) is 0 Å². The first kappa shape index (κ1) is 17.8. The molecule has 1 saturated carbocycles. The van der Waals surface area contributed by atoms with E-state index in [2.05, 4.69) is 5.32 Å². The number of ether oxygens (including phenoxy) is 1. The summed E-state index contributed by atoms with van der Waals surface area (Å²) >= 11 is 0. The Balaban J connectivity index is 0.00000220. The molecule has 0 bridgehead atoms. The van der Waals surface area contributed by atoms with E-state index in [1.165, 1.54) is 0 Å². The molecule has 1 aliphatic rings. The van der Waals surface area contributed by atoms with E-state index in [9.17, 15) is 4.79 Å². The Morgan fingerprint density at radius 3 is 2.71 bits per heavy atom. The highest BCUT2D eigenvalue weighted by Gasteiger charge is 2.37. The van der Waals surface area contributed by atoms with Crippen LogP contribution in [-0.2, 0) is 4.79 Å². The molecule has 0 radical (unpaired) electrons. The van der Waals surface area contributed by atoms with Crippen molar-refractivity contribution in [3.05, 3.63) is 29.8 Å². The van der Waals surface area contributed by atoms with Gasteiger partial charge in [0.25, 0.3) is 0 Å². The van der Waals surface area contributed by atoms with Crippen molar-refractivity contribution in [1.82, 2.24) is 5.32 Å². The number of benzene rings is 1. The normalized spacial score (nSPS) is 17.7. The molecule has 1 atom stereocenters. The van der Waals surface area contributed by atoms with Crippen molar-refractivity contribution >= 4 is 18.3 Å². The van der Waals surface area contributed by atoms with Gasteiger partial charge in [0.15, 0.2) is 0 Å². The third-order valence-electron chi connectivity index (χ3n) is 3.96. The first-order chi connectivity index (χ1) is 9.55. The number of nitrogens with two attached hydrogens (primary N) is 1. The number of hydrogen-bond donors (Lipinski definition) is 2. The van der Waals surface area contributed by atoms with E-state index < -0.39 is 5.54 Å². The maximum absolute atomic E-state index is 12.3. The van der Waals surface area contributed by atoms with Crippen LogP contribution in [0.3, 0.4) is 0 Å². The highest BCUT2D eigenvalue weighted by atomic mass is 35.5. The molecule has 0 aromatic heterocycles. The van der Waals surface area contributed by atoms with Gasteiger partial charge in [0.05, 0.1) is 18.2 Å². The maximum atomic E-state index is 12.3. The van der Waals surface area contributed by atoms with Crippen LogP contribution in [0.15, 0.2) is 24.3 Å². The third-order valence-corrected chi connectivity index (χ3v) is 3.96. The van der Waals surface area contributed by atoms with Gasteiger partial charge in [0, 0.05) is 0 Å². The zero-order chi connectivity index (χ0) is 14.6. The van der Waals surface area contributed by atoms with Gasteiger partial charge in [-0.05, 0) is 44.4 Å². The number of nitrogens with one attached hydrogen (secondary N) is 1. The molecule has 0 saturated heterocycles. The van der Waals surface area contributed by atoms with Crippen molar-refractivity contribution in [2.45, 2.75) is 51.1 Å². The molecule has 1 aliphatic carbocycles. The molecular formula is C16H25ClN2O2. The molecule has 0 heterocycles. The second kappa shape index (κ2) is 7.66. The highest BCUT2D eigenvalue weighted by molar-refractivity contribution is 5.86. The van der Waals surface area contributed by atoms with Gasteiger partial charge >= 0.3 is 0 Å². The fraction of sp³-hybridized carbons (Fsp3) is 0.562. The Hall–Kier alpha value is -1.26. The molecule has 1 unspecified atom stereocenters. The Morgan fingerprint density at radius 2 is 2.10 bits per heavy atom. The summed E-state index contributed by atoms with van der Waals surface area (Å²) in [5, 5.41) is 3.03. The summed E-state index contributed by atoms with van der Waals surface area (Å²) in [4.78, 5) is 12.3. The minimum absolute atomic E-state index is 0. The van der Waals surface area contributed by atoms with Crippen molar-refractivity contribution < 1.29 is 9.53 Å². The monoisotopic (exact) mass is 312 g/mol. The standard InChI is InChI=1S/C16H24N2O2.ClH/c1-3-20-14-8-6-7-13(11-14)12(2)18-15(19)16(17)9-4-5-10-16;/h6-8,11-12H,3-5,9-10,17H2,1-2H3,(H,18,19);1H. The van der Waals surface area contributed by atoms with Crippen LogP contribution < -0.4 is 15.8 Å². The van der Waals surface area contributed by atoms with E-state index in [4.69, 9.17) is 10.5 Å². The quantitative estimate of drug-likeness (QED) is 0.878. The minimum Gasteiger partial charge on any atom is -0.494 e. The number of rotatable bonds is 5. The van der Waals surface area contributed by atoms with E-state index in [1.807, 2.05) is 38.1 Å². The van der Waals surface area contributed by atoms with Gasteiger partial charge in [-0.3, -0.25) is 4.79 Å². The molecule has 2 rings (SSSR count). The fourth-order valence-electron chi connectivity index (χ4n) is 2.70. The van der Waals surface area contributed by atoms with Crippen LogP contribution in [0.4, 0.5) is 0 Å². The van der Waals surface area contributed by atoms with Gasteiger partial charge in [-0.1, -0.05) is 25.0 Å². The van der Waals surface area contributed by atoms with Crippen LogP contribution in [0.2, 0.25) is 0 Å². The van der Waals surface area contributed by atoms with E-state index in [0.717, 1.165) is 37.0 Å². The molecule has 1 amide bonds. The molecule has 3 N–H and O–H groups in total. The minimum atomic E-state index is -0.675. The molecule has 1 fully saturated rings. The van der Waals surface area contributed by atoms with Crippen LogP contribution in [0.25, 0.3) is 0 Å². The zero-order valence-electron chi connectivity index (χ0n) is 12.7. The topological polar surface area (TPSA) is 64.3 Å². The van der Waals surface area contributed by atoms with Crippen LogP contribution >= 0.6 is 12.4 Å². The second-order valence-corrected chi connectivity index (χ2v) is 5.56. The van der Waals surface area contributed by atoms with Crippen LogP contribution in [-0.4, -0.2) is 18.1 Å². The first-order valence-corrected chi connectivity index (χ1v) is 7.38. The second-order valence-electron chi connectivity index (χ2n) is 5.56. The van der Waals surface area contributed by atoms with Crippen molar-refractivity contribution in [2.75, 3.05) is 6.61 Å². The molecule has 4 nitrogen and oxygen atoms in total. The summed E-state index contributed by atoms with van der Waals surface area (Å²) in [6.07, 6.45) is 3.64. The molecule has 1 aromatic carbocycles. The van der Waals surface area contributed by atoms with Gasteiger partial charge in [0.1, 0.15) is 5.75 Å². The molecule has 1 aromatic rings. The lowest BCUT2D eigenvalue weighted by Gasteiger charge is -2.25. The Kier molecular flexibility index (Phi) is 6.49. The summed E-state index contributed by atoms with van der Waals surface area (Å²) in [5.74, 6) is 0.791. The lowest BCUT2D eigenvalue weighted by Crippen LogP contribution is -2.52. The number of carbonyl (C=O) groups is 1. The van der Waals surface area contributed by atoms with Crippen molar-refractivity contribution in [2.24, 2.45) is 5.73 Å². The van der Waals surface area contributed by atoms with Gasteiger partial charge < -0.3 is 15.8 Å². The van der Waals surface area contributed by atoms with E-state index in [0.29, 0.717) is 6.61 Å². The zero-order valence-corrected chi connectivity index (χ0v) is 13.5. The highest BCUT2D eigenvalue weighted by Crippen LogP contribution is 2.28. The predicted molar refractivity (Wildman–Crippen MR) is 86.8 cm³/mol. The maximum Gasteiger partial charge on any atom is 0.240 e. The van der Waals surface area contributed by atoms with Crippen molar-refractivity contribution in [3.8, 4) is 5.75 Å². The van der Waals surface area contributed by atoms with Gasteiger partial charge in [0.2, 0.25) is 5.91 Å². The summed E-state index contributed by atoms with van der Waals surface area (Å²) < 4.78 is 5.48. The molecule has 0 aliphatic heterocycles. The van der Waals surface area contributed by atoms with E-state index in [-0.39, 0.29) is 24.4 Å². The average molecular weight is 313 g/mol. The number of halogens is 1. The van der Waals surface area contributed by atoms with E-state index >= 15 is 0 Å². The molecule has 0 spiro atoms. The summed E-state index contributed by atoms with van der Waals surface area (Å²) in [6, 6.07) is 7.75. The number of amides is 1. The summed E-state index contributed by atoms with van der Waals surface area (Å²) in [7, 11) is 0. The molecule has 21 heavy (non-hydrogen) atoms. The smallest absolute Gasteiger partial charge is 0.240 e. The summed E-state index contributed by atoms with van der Waals surface area (Å²) in [5.41, 5.74) is 6.53. The average Bonchev–Trinajstić information content (AvgIpc) is 2.88. The predicted octanol–water partition coefficient (Wildman–Crippen LogP) is 2.96. The van der Waals surface area contributed by atoms with Gasteiger partial charge in [-0.15, -0.1) is 12.4 Å². The fourth-order valence-corrected chi connectivity index (χ4v) is 2.70. The lowest BCUT2D eigenvalue weighted by atomic mass is 9.97. The van der Waals surface area contributed by atoms with E-state index in [1.54, 1.807) is 0 Å². The first-order valence-electron chi connectivity index (χ1n) is 7.38. The van der Waals surface area contributed by atoms with Gasteiger partial charge in [-0.2, -0.15) is 0 Å². The summed E-state index contributed by atoms with van der Waals surface area (Å²) in [6.45, 7) is 4.56. The molecule has 5 heteroatoms. The van der Waals surface area contributed by atoms with Crippen molar-refractivity contribution in [3.63, 3.8) is 0 Å². The van der Waals surface area contributed by atoms with Crippen LogP contribution in [0.5, 0.6) is 5.75 Å². The van der Waals surface area contributed by atoms with Crippen LogP contribution in [0, 0.1) is 0 Å². The number of carbonyl (C=O) groups excluding carboxylic acids is 1. The lowest BCUT2D eigenvalue weighted by molar-refractivity contribution is -0.126. The van der Waals surface area contributed by atoms with Gasteiger partial charge in [-0.25, -0.2) is 0 Å². The number of hydrogen-bond acceptors (Lipinski definition) is 3. The molecule has 118 valence electrons. The van der Waals surface area contributed by atoms with Crippen LogP contribution in [0.1, 0.15) is 51.1 Å². The molecular weight excluding hydrogens is 288 g/mol. The Morgan fingerprint density at radius 1 is 1.43 bits per heavy atom. The Labute approximate surface area is 132 Å². The Bertz CT molecular complexity index is 473. The SMILES string of the molecule is CCOc1cccc(C(C)NC(=O)C2(N)CCCC2)c1.Cl.